The molecule has 0 spiro atoms. The maximum atomic E-state index is 10.4. The Morgan fingerprint density at radius 1 is 1.32 bits per heavy atom. The van der Waals surface area contributed by atoms with Crippen molar-refractivity contribution in [3.05, 3.63) is 28.8 Å². The van der Waals surface area contributed by atoms with Crippen molar-refractivity contribution in [1.82, 2.24) is 0 Å². The van der Waals surface area contributed by atoms with Gasteiger partial charge in [0.25, 0.3) is 0 Å². The SMILES string of the molecule is N#Cc1ccc(N2C[C@@H]3C[C@H]4C[C@H]3[C@H]2[C@@H]4O)cc1Cl. The van der Waals surface area contributed by atoms with E-state index in [9.17, 15) is 5.11 Å². The van der Waals surface area contributed by atoms with Crippen molar-refractivity contribution in [2.45, 2.75) is 25.0 Å². The first kappa shape index (κ1) is 11.6. The van der Waals surface area contributed by atoms with Crippen molar-refractivity contribution < 1.29 is 5.11 Å². The molecule has 19 heavy (non-hydrogen) atoms. The Morgan fingerprint density at radius 3 is 2.84 bits per heavy atom. The molecule has 2 bridgehead atoms. The molecule has 3 aliphatic rings. The molecule has 3 nitrogen and oxygen atoms in total. The predicted octanol–water partition coefficient (Wildman–Crippen LogP) is 2.42. The summed E-state index contributed by atoms with van der Waals surface area (Å²) >= 11 is 6.12. The lowest BCUT2D eigenvalue weighted by Crippen LogP contribution is -2.40. The summed E-state index contributed by atoms with van der Waals surface area (Å²) in [5.41, 5.74) is 1.56. The van der Waals surface area contributed by atoms with E-state index in [1.807, 2.05) is 12.1 Å². The molecule has 1 heterocycles. The average Bonchev–Trinajstić information content (AvgIpc) is 2.99. The van der Waals surface area contributed by atoms with E-state index in [1.165, 1.54) is 12.8 Å². The number of anilines is 1. The highest BCUT2D eigenvalue weighted by Gasteiger charge is 2.58. The first-order chi connectivity index (χ1) is 9.19. The normalized spacial score (nSPS) is 38.8. The first-order valence-corrected chi connectivity index (χ1v) is 7.21. The lowest BCUT2D eigenvalue weighted by molar-refractivity contribution is 0.0967. The smallest absolute Gasteiger partial charge is 0.101 e. The van der Waals surface area contributed by atoms with E-state index >= 15 is 0 Å². The molecule has 98 valence electrons. The highest BCUT2D eigenvalue weighted by Crippen LogP contribution is 2.55. The van der Waals surface area contributed by atoms with Crippen molar-refractivity contribution in [1.29, 1.82) is 5.26 Å². The summed E-state index contributed by atoms with van der Waals surface area (Å²) in [5, 5.41) is 19.8. The third-order valence-electron chi connectivity index (χ3n) is 5.25. The summed E-state index contributed by atoms with van der Waals surface area (Å²) in [5.74, 6) is 1.88. The number of aliphatic hydroxyl groups excluding tert-OH is 1. The fraction of sp³-hybridized carbons (Fsp3) is 0.533. The quantitative estimate of drug-likeness (QED) is 0.856. The number of nitriles is 1. The highest BCUT2D eigenvalue weighted by atomic mass is 35.5. The van der Waals surface area contributed by atoms with Crippen molar-refractivity contribution >= 4 is 17.3 Å². The summed E-state index contributed by atoms with van der Waals surface area (Å²) < 4.78 is 0. The molecular formula is C15H15ClN2O. The molecule has 2 aliphatic carbocycles. The lowest BCUT2D eigenvalue weighted by atomic mass is 9.88. The second-order valence-corrected chi connectivity index (χ2v) is 6.47. The molecule has 5 atom stereocenters. The van der Waals surface area contributed by atoms with E-state index in [2.05, 4.69) is 11.0 Å². The van der Waals surface area contributed by atoms with Crippen LogP contribution in [0.2, 0.25) is 5.02 Å². The van der Waals surface area contributed by atoms with E-state index in [0.717, 1.165) is 18.2 Å². The van der Waals surface area contributed by atoms with Crippen LogP contribution in [0.15, 0.2) is 18.2 Å². The van der Waals surface area contributed by atoms with Gasteiger partial charge in [-0.2, -0.15) is 5.26 Å². The van der Waals surface area contributed by atoms with Gasteiger partial charge in [0.2, 0.25) is 0 Å². The minimum Gasteiger partial charge on any atom is -0.391 e. The van der Waals surface area contributed by atoms with Gasteiger partial charge in [-0.25, -0.2) is 0 Å². The number of nitrogens with zero attached hydrogens (tertiary/aromatic N) is 2. The van der Waals surface area contributed by atoms with Crippen molar-refractivity contribution in [2.24, 2.45) is 17.8 Å². The molecule has 3 fully saturated rings. The molecule has 0 unspecified atom stereocenters. The van der Waals surface area contributed by atoms with Gasteiger partial charge in [0, 0.05) is 12.2 Å². The highest BCUT2D eigenvalue weighted by molar-refractivity contribution is 6.32. The Labute approximate surface area is 117 Å². The second-order valence-electron chi connectivity index (χ2n) is 6.06. The zero-order valence-corrected chi connectivity index (χ0v) is 11.2. The summed E-state index contributed by atoms with van der Waals surface area (Å²) in [6, 6.07) is 7.94. The molecule has 0 radical (unpaired) electrons. The van der Waals surface area contributed by atoms with E-state index in [0.29, 0.717) is 22.4 Å². The van der Waals surface area contributed by atoms with E-state index in [1.54, 1.807) is 6.07 Å². The molecule has 2 saturated carbocycles. The number of fused-ring (bicyclic) bond motifs is 1. The standard InChI is InChI=1S/C15H15ClN2O/c16-13-5-11(2-1-8(13)6-17)18-7-10-3-9-4-12(10)14(18)15(9)19/h1-2,5,9-10,12,14-15,19H,3-4,7H2/t9-,10-,12+,14-,15+/m0/s1. The molecule has 1 aliphatic heterocycles. The van der Waals surface area contributed by atoms with Gasteiger partial charge in [0.15, 0.2) is 0 Å². The third-order valence-corrected chi connectivity index (χ3v) is 5.57. The summed E-state index contributed by atoms with van der Waals surface area (Å²) in [6.07, 6.45) is 2.15. The molecule has 1 aromatic rings. The molecule has 1 saturated heterocycles. The Balaban J connectivity index is 1.71. The van der Waals surface area contributed by atoms with Crippen LogP contribution in [-0.2, 0) is 0 Å². The minimum atomic E-state index is -0.196. The molecule has 4 rings (SSSR count). The number of hydrogen-bond acceptors (Lipinski definition) is 3. The van der Waals surface area contributed by atoms with Crippen LogP contribution in [0.4, 0.5) is 5.69 Å². The zero-order chi connectivity index (χ0) is 13.1. The second kappa shape index (κ2) is 3.88. The minimum absolute atomic E-state index is 0.196. The third kappa shape index (κ3) is 1.47. The van der Waals surface area contributed by atoms with Gasteiger partial charge >= 0.3 is 0 Å². The topological polar surface area (TPSA) is 47.3 Å². The van der Waals surface area contributed by atoms with Crippen LogP contribution in [-0.4, -0.2) is 23.8 Å². The molecule has 0 aromatic heterocycles. The molecule has 4 heteroatoms. The lowest BCUT2D eigenvalue weighted by Gasteiger charge is -2.30. The number of aliphatic hydroxyl groups is 1. The van der Waals surface area contributed by atoms with Gasteiger partial charge < -0.3 is 10.0 Å². The van der Waals surface area contributed by atoms with Crippen LogP contribution < -0.4 is 4.90 Å². The summed E-state index contributed by atoms with van der Waals surface area (Å²) in [4.78, 5) is 2.31. The average molecular weight is 275 g/mol. The van der Waals surface area contributed by atoms with E-state index < -0.39 is 0 Å². The maximum absolute atomic E-state index is 10.4. The van der Waals surface area contributed by atoms with Gasteiger partial charge in [0.1, 0.15) is 6.07 Å². The monoisotopic (exact) mass is 274 g/mol. The molecule has 0 amide bonds. The number of hydrogen-bond donors (Lipinski definition) is 1. The molecular weight excluding hydrogens is 260 g/mol. The van der Waals surface area contributed by atoms with Crippen LogP contribution in [0, 0.1) is 29.1 Å². The Kier molecular flexibility index (Phi) is 2.36. The van der Waals surface area contributed by atoms with Crippen molar-refractivity contribution in [3.63, 3.8) is 0 Å². The van der Waals surface area contributed by atoms with Crippen LogP contribution in [0.5, 0.6) is 0 Å². The van der Waals surface area contributed by atoms with Crippen LogP contribution >= 0.6 is 11.6 Å². The number of benzene rings is 1. The number of rotatable bonds is 1. The number of halogens is 1. The van der Waals surface area contributed by atoms with Gasteiger partial charge in [-0.15, -0.1) is 0 Å². The zero-order valence-electron chi connectivity index (χ0n) is 10.5. The maximum Gasteiger partial charge on any atom is 0.101 e. The van der Waals surface area contributed by atoms with Crippen molar-refractivity contribution in [3.8, 4) is 6.07 Å². The summed E-state index contributed by atoms with van der Waals surface area (Å²) in [7, 11) is 0. The first-order valence-electron chi connectivity index (χ1n) is 6.83. The Hall–Kier alpha value is -1.24. The predicted molar refractivity (Wildman–Crippen MR) is 73.0 cm³/mol. The van der Waals surface area contributed by atoms with E-state index in [4.69, 9.17) is 16.9 Å². The molecule has 1 N–H and O–H groups in total. The molecule has 1 aromatic carbocycles. The largest absolute Gasteiger partial charge is 0.391 e. The Bertz CT molecular complexity index is 580. The fourth-order valence-electron chi connectivity index (χ4n) is 4.48. The van der Waals surface area contributed by atoms with Gasteiger partial charge in [0.05, 0.1) is 22.7 Å². The van der Waals surface area contributed by atoms with Crippen LogP contribution in [0.25, 0.3) is 0 Å². The van der Waals surface area contributed by atoms with Crippen LogP contribution in [0.3, 0.4) is 0 Å². The van der Waals surface area contributed by atoms with Crippen molar-refractivity contribution in [2.75, 3.05) is 11.4 Å². The van der Waals surface area contributed by atoms with E-state index in [-0.39, 0.29) is 12.1 Å². The van der Waals surface area contributed by atoms with Gasteiger partial charge in [-0.1, -0.05) is 11.6 Å². The van der Waals surface area contributed by atoms with Crippen LogP contribution in [0.1, 0.15) is 18.4 Å². The fourth-order valence-corrected chi connectivity index (χ4v) is 4.70. The Morgan fingerprint density at radius 2 is 2.16 bits per heavy atom. The van der Waals surface area contributed by atoms with Gasteiger partial charge in [-0.05, 0) is 48.8 Å². The van der Waals surface area contributed by atoms with Gasteiger partial charge in [-0.3, -0.25) is 0 Å². The summed E-state index contributed by atoms with van der Waals surface area (Å²) in [6.45, 7) is 1.02.